The first-order valence-corrected chi connectivity index (χ1v) is 5.35. The molecule has 0 amide bonds. The van der Waals surface area contributed by atoms with Crippen molar-refractivity contribution in [2.45, 2.75) is 26.9 Å². The highest BCUT2D eigenvalue weighted by Crippen LogP contribution is 2.12. The van der Waals surface area contributed by atoms with Crippen LogP contribution in [0.4, 0.5) is 5.69 Å². The van der Waals surface area contributed by atoms with Gasteiger partial charge in [-0.25, -0.2) is 5.01 Å². The third-order valence-electron chi connectivity index (χ3n) is 2.86. The second-order valence-corrected chi connectivity index (χ2v) is 3.82. The van der Waals surface area contributed by atoms with Gasteiger partial charge in [-0.2, -0.15) is 0 Å². The van der Waals surface area contributed by atoms with E-state index in [-0.39, 0.29) is 30.1 Å². The standard InChI is InChI=1S/C11H16N4.HI/c1-4-14-10(3)15(13-12-14)11-8-6-5-7-9(11)2;/h5-8,10H,4H2,1-3H3;1H. The van der Waals surface area contributed by atoms with E-state index >= 15 is 0 Å². The molecule has 88 valence electrons. The summed E-state index contributed by atoms with van der Waals surface area (Å²) in [7, 11) is 0. The summed E-state index contributed by atoms with van der Waals surface area (Å²) in [5, 5.41) is 11.5. The largest absolute Gasteiger partial charge is 1.00 e. The normalized spacial score (nSPS) is 23.3. The summed E-state index contributed by atoms with van der Waals surface area (Å²) >= 11 is 0. The molecule has 0 fully saturated rings. The highest BCUT2D eigenvalue weighted by molar-refractivity contribution is 5.38. The predicted octanol–water partition coefficient (Wildman–Crippen LogP) is -1.52. The Morgan fingerprint density at radius 3 is 2.62 bits per heavy atom. The van der Waals surface area contributed by atoms with Gasteiger partial charge in [-0.3, -0.25) is 0 Å². The van der Waals surface area contributed by atoms with Crippen LogP contribution in [0.5, 0.6) is 0 Å². The van der Waals surface area contributed by atoms with Crippen molar-refractivity contribution in [3.8, 4) is 0 Å². The number of benzene rings is 1. The van der Waals surface area contributed by atoms with E-state index < -0.39 is 0 Å². The van der Waals surface area contributed by atoms with Gasteiger partial charge in [0.05, 0.1) is 5.22 Å². The Morgan fingerprint density at radius 2 is 2.06 bits per heavy atom. The van der Waals surface area contributed by atoms with Crippen molar-refractivity contribution in [1.82, 2.24) is 5.01 Å². The molecule has 0 spiro atoms. The monoisotopic (exact) mass is 332 g/mol. The van der Waals surface area contributed by atoms with Gasteiger partial charge in [-0.05, 0) is 19.1 Å². The number of hydrogen-bond donors (Lipinski definition) is 1. The van der Waals surface area contributed by atoms with Gasteiger partial charge in [-0.15, -0.1) is 5.01 Å². The van der Waals surface area contributed by atoms with Gasteiger partial charge in [0, 0.05) is 25.1 Å². The Morgan fingerprint density at radius 1 is 1.38 bits per heavy atom. The van der Waals surface area contributed by atoms with Gasteiger partial charge in [-0.1, -0.05) is 18.2 Å². The van der Waals surface area contributed by atoms with Crippen molar-refractivity contribution in [1.29, 1.82) is 0 Å². The summed E-state index contributed by atoms with van der Waals surface area (Å²) in [5.41, 5.74) is 2.47. The van der Waals surface area contributed by atoms with Crippen molar-refractivity contribution in [2.75, 3.05) is 6.54 Å². The third-order valence-corrected chi connectivity index (χ3v) is 2.86. The first-order valence-electron chi connectivity index (χ1n) is 5.35. The fraction of sp³-hybridized carbons (Fsp3) is 0.455. The molecule has 0 aromatic heterocycles. The van der Waals surface area contributed by atoms with Crippen LogP contribution in [0.15, 0.2) is 34.7 Å². The number of nitrogens with one attached hydrogen (secondary N) is 1. The van der Waals surface area contributed by atoms with Crippen LogP contribution in [0.2, 0.25) is 0 Å². The van der Waals surface area contributed by atoms with Crippen molar-refractivity contribution < 1.29 is 29.0 Å². The second kappa shape index (κ2) is 5.58. The van der Waals surface area contributed by atoms with E-state index in [0.717, 1.165) is 11.6 Å². The molecule has 2 rings (SSSR count). The van der Waals surface area contributed by atoms with Crippen molar-refractivity contribution in [3.63, 3.8) is 0 Å². The van der Waals surface area contributed by atoms with Gasteiger partial charge in [0.2, 0.25) is 6.17 Å². The Kier molecular flexibility index (Phi) is 4.67. The maximum absolute atomic E-state index is 4.27. The summed E-state index contributed by atoms with van der Waals surface area (Å²) in [6.07, 6.45) is 0.288. The Bertz CT molecular complexity index is 380. The van der Waals surface area contributed by atoms with E-state index in [4.69, 9.17) is 0 Å². The molecule has 1 aliphatic heterocycles. The molecule has 2 unspecified atom stereocenters. The number of rotatable bonds is 2. The molecule has 16 heavy (non-hydrogen) atoms. The zero-order valence-corrected chi connectivity index (χ0v) is 12.0. The molecule has 2 atom stereocenters. The molecule has 4 nitrogen and oxygen atoms in total. The summed E-state index contributed by atoms with van der Waals surface area (Å²) < 4.78 is 0. The molecule has 1 N–H and O–H groups in total. The highest BCUT2D eigenvalue weighted by atomic mass is 127. The lowest BCUT2D eigenvalue weighted by Crippen LogP contribution is -3.06. The van der Waals surface area contributed by atoms with Crippen molar-refractivity contribution >= 4 is 5.69 Å². The zero-order chi connectivity index (χ0) is 10.8. The number of quaternary nitrogens is 1. The maximum Gasteiger partial charge on any atom is 0.207 e. The molecule has 1 aromatic rings. The van der Waals surface area contributed by atoms with Gasteiger partial charge in [0.25, 0.3) is 0 Å². The summed E-state index contributed by atoms with van der Waals surface area (Å²) in [4.78, 5) is 0. The Balaban J connectivity index is 0.00000128. The lowest BCUT2D eigenvalue weighted by atomic mass is 10.2. The molecule has 0 bridgehead atoms. The molecule has 1 aliphatic rings. The molecule has 5 heteroatoms. The van der Waals surface area contributed by atoms with E-state index in [1.165, 1.54) is 11.3 Å². The third kappa shape index (κ3) is 2.35. The molecule has 1 heterocycles. The fourth-order valence-corrected chi connectivity index (χ4v) is 1.88. The van der Waals surface area contributed by atoms with Crippen LogP contribution < -0.4 is 29.0 Å². The molecule has 0 aliphatic carbocycles. The van der Waals surface area contributed by atoms with Gasteiger partial charge in [0.15, 0.2) is 5.69 Å². The highest BCUT2D eigenvalue weighted by Gasteiger charge is 2.32. The number of hydrogen-bond acceptors (Lipinski definition) is 3. The summed E-state index contributed by atoms with van der Waals surface area (Å²) in [6.45, 7) is 7.25. The Hall–Kier alpha value is -0.690. The lowest BCUT2D eigenvalue weighted by molar-refractivity contribution is -0.868. The average Bonchev–Trinajstić information content (AvgIpc) is 2.60. The number of nitrogens with zero attached hydrogens (tertiary/aromatic N) is 3. The van der Waals surface area contributed by atoms with Crippen LogP contribution in [0.1, 0.15) is 19.4 Å². The second-order valence-electron chi connectivity index (χ2n) is 3.82. The van der Waals surface area contributed by atoms with Crippen LogP contribution >= 0.6 is 0 Å². The quantitative estimate of drug-likeness (QED) is 0.656. The lowest BCUT2D eigenvalue weighted by Gasteiger charge is -2.18. The summed E-state index contributed by atoms with van der Waals surface area (Å²) in [6, 6.07) is 8.32. The van der Waals surface area contributed by atoms with Gasteiger partial charge in [0.1, 0.15) is 0 Å². The van der Waals surface area contributed by atoms with Crippen LogP contribution in [0.3, 0.4) is 0 Å². The molecule has 0 saturated heterocycles. The minimum absolute atomic E-state index is 0. The molecule has 0 radical (unpaired) electrons. The van der Waals surface area contributed by atoms with Crippen molar-refractivity contribution in [2.24, 2.45) is 10.4 Å². The SMILES string of the molecule is CCN1N=N[NH+](c2ccccc2C)C1C.[I-]. The smallest absolute Gasteiger partial charge is 0.207 e. The van der Waals surface area contributed by atoms with E-state index in [9.17, 15) is 0 Å². The number of aryl methyl sites for hydroxylation is 1. The van der Waals surface area contributed by atoms with E-state index in [0.29, 0.717) is 0 Å². The molecular weight excluding hydrogens is 315 g/mol. The fourth-order valence-electron chi connectivity index (χ4n) is 1.88. The summed E-state index contributed by atoms with van der Waals surface area (Å²) in [5.74, 6) is 0. The first kappa shape index (κ1) is 13.4. The van der Waals surface area contributed by atoms with Crippen LogP contribution in [-0.2, 0) is 0 Å². The van der Waals surface area contributed by atoms with Gasteiger partial charge >= 0.3 is 0 Å². The van der Waals surface area contributed by atoms with Crippen LogP contribution in [0, 0.1) is 6.92 Å². The predicted molar refractivity (Wildman–Crippen MR) is 58.5 cm³/mol. The van der Waals surface area contributed by atoms with E-state index in [1.807, 2.05) is 17.1 Å². The molecule has 0 saturated carbocycles. The van der Waals surface area contributed by atoms with Crippen LogP contribution in [0.25, 0.3) is 0 Å². The van der Waals surface area contributed by atoms with Crippen LogP contribution in [-0.4, -0.2) is 17.7 Å². The van der Waals surface area contributed by atoms with Gasteiger partial charge < -0.3 is 24.0 Å². The number of halogens is 1. The van der Waals surface area contributed by atoms with E-state index in [2.05, 4.69) is 43.4 Å². The average molecular weight is 332 g/mol. The van der Waals surface area contributed by atoms with E-state index in [1.54, 1.807) is 0 Å². The first-order chi connectivity index (χ1) is 7.24. The minimum Gasteiger partial charge on any atom is -1.00 e. The zero-order valence-electron chi connectivity index (χ0n) is 9.81. The molecule has 1 aromatic carbocycles. The van der Waals surface area contributed by atoms with Crippen molar-refractivity contribution in [3.05, 3.63) is 29.8 Å². The maximum atomic E-state index is 4.27. The molecular formula is C11H17IN4. The Labute approximate surface area is 113 Å². The topological polar surface area (TPSA) is 32.4 Å². The minimum atomic E-state index is 0. The number of para-hydroxylation sites is 1.